The summed E-state index contributed by atoms with van der Waals surface area (Å²) in [7, 11) is 4.32. The van der Waals surface area contributed by atoms with E-state index in [1.54, 1.807) is 0 Å². The molecule has 0 fully saturated rings. The summed E-state index contributed by atoms with van der Waals surface area (Å²) in [6.07, 6.45) is 2.43. The van der Waals surface area contributed by atoms with Crippen molar-refractivity contribution in [2.75, 3.05) is 40.3 Å². The zero-order valence-corrected chi connectivity index (χ0v) is 13.2. The molecule has 112 valence electrons. The van der Waals surface area contributed by atoms with E-state index >= 15 is 0 Å². The summed E-state index contributed by atoms with van der Waals surface area (Å²) >= 11 is 0. The molecule has 0 radical (unpaired) electrons. The Labute approximate surface area is 124 Å². The van der Waals surface area contributed by atoms with Crippen LogP contribution in [0.1, 0.15) is 36.9 Å². The summed E-state index contributed by atoms with van der Waals surface area (Å²) in [5, 5.41) is 3.56. The van der Waals surface area contributed by atoms with E-state index in [4.69, 9.17) is 0 Å². The summed E-state index contributed by atoms with van der Waals surface area (Å²) in [6, 6.07) is 9.52. The van der Waals surface area contributed by atoms with Gasteiger partial charge in [-0.1, -0.05) is 31.2 Å². The molecule has 3 nitrogen and oxygen atoms in total. The molecule has 0 saturated heterocycles. The second-order valence-electron chi connectivity index (χ2n) is 6.02. The number of nitrogens with one attached hydrogen (secondary N) is 1. The van der Waals surface area contributed by atoms with Crippen molar-refractivity contribution in [3.8, 4) is 0 Å². The van der Waals surface area contributed by atoms with E-state index in [9.17, 15) is 0 Å². The third-order valence-electron chi connectivity index (χ3n) is 4.11. The van der Waals surface area contributed by atoms with Crippen LogP contribution in [0.2, 0.25) is 0 Å². The van der Waals surface area contributed by atoms with Gasteiger partial charge in [0.25, 0.3) is 0 Å². The highest BCUT2D eigenvalue weighted by Gasteiger charge is 2.23. The van der Waals surface area contributed by atoms with Gasteiger partial charge in [-0.25, -0.2) is 0 Å². The van der Waals surface area contributed by atoms with Gasteiger partial charge in [0.05, 0.1) is 0 Å². The molecule has 2 rings (SSSR count). The molecular weight excluding hydrogens is 246 g/mol. The summed E-state index contributed by atoms with van der Waals surface area (Å²) in [4.78, 5) is 4.95. The van der Waals surface area contributed by atoms with E-state index in [2.05, 4.69) is 60.4 Å². The molecule has 1 aromatic rings. The maximum Gasteiger partial charge on any atom is 0.0363 e. The lowest BCUT2D eigenvalue weighted by molar-refractivity contribution is 0.172. The average molecular weight is 275 g/mol. The molecule has 20 heavy (non-hydrogen) atoms. The first-order valence-corrected chi connectivity index (χ1v) is 7.89. The molecule has 0 amide bonds. The molecule has 1 aliphatic heterocycles. The Bertz CT molecular complexity index is 403. The molecule has 0 aromatic heterocycles. The van der Waals surface area contributed by atoms with E-state index in [-0.39, 0.29) is 0 Å². The lowest BCUT2D eigenvalue weighted by atomic mass is 9.97. The molecular formula is C17H29N3. The van der Waals surface area contributed by atoms with Gasteiger partial charge in [-0.3, -0.25) is 4.90 Å². The second-order valence-corrected chi connectivity index (χ2v) is 6.02. The van der Waals surface area contributed by atoms with E-state index in [0.29, 0.717) is 6.04 Å². The first-order chi connectivity index (χ1) is 9.72. The van der Waals surface area contributed by atoms with Crippen LogP contribution in [0.3, 0.4) is 0 Å². The first kappa shape index (κ1) is 15.5. The van der Waals surface area contributed by atoms with Crippen LogP contribution in [-0.4, -0.2) is 50.1 Å². The molecule has 1 heterocycles. The third-order valence-corrected chi connectivity index (χ3v) is 4.11. The molecule has 0 spiro atoms. The Hall–Kier alpha value is -0.900. The third kappa shape index (κ3) is 4.05. The molecule has 1 aromatic carbocycles. The topological polar surface area (TPSA) is 18.5 Å². The second kappa shape index (κ2) is 7.77. The largest absolute Gasteiger partial charge is 0.313 e. The maximum atomic E-state index is 3.56. The molecule has 3 heteroatoms. The SMILES string of the molecule is CCCN(CCN(C)C)C1CCNCc2ccccc21. The predicted octanol–water partition coefficient (Wildman–Crippen LogP) is 2.49. The molecule has 0 bridgehead atoms. The van der Waals surface area contributed by atoms with E-state index < -0.39 is 0 Å². The van der Waals surface area contributed by atoms with Crippen molar-refractivity contribution in [1.82, 2.24) is 15.1 Å². The number of likely N-dealkylation sites (N-methyl/N-ethyl adjacent to an activating group) is 1. The summed E-state index contributed by atoms with van der Waals surface area (Å²) in [5.41, 5.74) is 3.01. The van der Waals surface area contributed by atoms with Crippen molar-refractivity contribution in [1.29, 1.82) is 0 Å². The standard InChI is InChI=1S/C17H29N3/c1-4-11-20(13-12-19(2)3)17-9-10-18-14-15-7-5-6-8-16(15)17/h5-8,17-18H,4,9-14H2,1-3H3. The van der Waals surface area contributed by atoms with Crippen LogP contribution in [0.4, 0.5) is 0 Å². The number of nitrogens with zero attached hydrogens (tertiary/aromatic N) is 2. The zero-order chi connectivity index (χ0) is 14.4. The minimum atomic E-state index is 0.570. The van der Waals surface area contributed by atoms with Crippen LogP contribution >= 0.6 is 0 Å². The van der Waals surface area contributed by atoms with Crippen molar-refractivity contribution < 1.29 is 0 Å². The minimum Gasteiger partial charge on any atom is -0.313 e. The van der Waals surface area contributed by atoms with Crippen LogP contribution in [-0.2, 0) is 6.54 Å². The van der Waals surface area contributed by atoms with Gasteiger partial charge >= 0.3 is 0 Å². The Kier molecular flexibility index (Phi) is 6.02. The minimum absolute atomic E-state index is 0.570. The van der Waals surface area contributed by atoms with Gasteiger partial charge < -0.3 is 10.2 Å². The lowest BCUT2D eigenvalue weighted by Crippen LogP contribution is -2.36. The fourth-order valence-corrected chi connectivity index (χ4v) is 3.06. The number of fused-ring (bicyclic) bond motifs is 1. The van der Waals surface area contributed by atoms with Gasteiger partial charge in [-0.15, -0.1) is 0 Å². The Balaban J connectivity index is 2.18. The summed E-state index contributed by atoms with van der Waals surface area (Å²) in [5.74, 6) is 0. The first-order valence-electron chi connectivity index (χ1n) is 7.89. The van der Waals surface area contributed by atoms with Crippen molar-refractivity contribution in [2.24, 2.45) is 0 Å². The lowest BCUT2D eigenvalue weighted by Gasteiger charge is -2.33. The quantitative estimate of drug-likeness (QED) is 0.860. The van der Waals surface area contributed by atoms with Gasteiger partial charge in [-0.2, -0.15) is 0 Å². The van der Waals surface area contributed by atoms with Crippen molar-refractivity contribution in [2.45, 2.75) is 32.4 Å². The number of hydrogen-bond donors (Lipinski definition) is 1. The molecule has 1 aliphatic rings. The van der Waals surface area contributed by atoms with Crippen LogP contribution < -0.4 is 5.32 Å². The summed E-state index contributed by atoms with van der Waals surface area (Å²) < 4.78 is 0. The Morgan fingerprint density at radius 1 is 1.15 bits per heavy atom. The Morgan fingerprint density at radius 3 is 2.70 bits per heavy atom. The van der Waals surface area contributed by atoms with E-state index in [1.807, 2.05) is 0 Å². The molecule has 0 saturated carbocycles. The van der Waals surface area contributed by atoms with Gasteiger partial charge in [0.15, 0.2) is 0 Å². The highest BCUT2D eigenvalue weighted by molar-refractivity contribution is 5.31. The highest BCUT2D eigenvalue weighted by Crippen LogP contribution is 2.29. The molecule has 1 atom stereocenters. The van der Waals surface area contributed by atoms with Crippen LogP contribution in [0.25, 0.3) is 0 Å². The maximum absolute atomic E-state index is 3.56. The molecule has 1 unspecified atom stereocenters. The highest BCUT2D eigenvalue weighted by atomic mass is 15.2. The fraction of sp³-hybridized carbons (Fsp3) is 0.647. The van der Waals surface area contributed by atoms with Gasteiger partial charge in [-0.05, 0) is 51.2 Å². The van der Waals surface area contributed by atoms with Gasteiger partial charge in [0, 0.05) is 25.7 Å². The number of rotatable bonds is 6. The molecule has 1 N–H and O–H groups in total. The summed E-state index contributed by atoms with van der Waals surface area (Å²) in [6.45, 7) is 7.88. The van der Waals surface area contributed by atoms with E-state index in [1.165, 1.54) is 30.5 Å². The smallest absolute Gasteiger partial charge is 0.0363 e. The van der Waals surface area contributed by atoms with Crippen molar-refractivity contribution >= 4 is 0 Å². The average Bonchev–Trinajstić information content (AvgIpc) is 2.66. The van der Waals surface area contributed by atoms with Crippen LogP contribution in [0, 0.1) is 0 Å². The van der Waals surface area contributed by atoms with Gasteiger partial charge in [0.2, 0.25) is 0 Å². The number of hydrogen-bond acceptors (Lipinski definition) is 3. The monoisotopic (exact) mass is 275 g/mol. The normalized spacial score (nSPS) is 19.1. The van der Waals surface area contributed by atoms with E-state index in [0.717, 1.165) is 26.2 Å². The number of benzene rings is 1. The molecule has 0 aliphatic carbocycles. The van der Waals surface area contributed by atoms with Crippen LogP contribution in [0.5, 0.6) is 0 Å². The zero-order valence-electron chi connectivity index (χ0n) is 13.2. The fourth-order valence-electron chi connectivity index (χ4n) is 3.06. The van der Waals surface area contributed by atoms with Crippen molar-refractivity contribution in [3.05, 3.63) is 35.4 Å². The van der Waals surface area contributed by atoms with Crippen LogP contribution in [0.15, 0.2) is 24.3 Å². The Morgan fingerprint density at radius 2 is 1.95 bits per heavy atom. The predicted molar refractivity (Wildman–Crippen MR) is 85.9 cm³/mol. The van der Waals surface area contributed by atoms with Gasteiger partial charge in [0.1, 0.15) is 0 Å². The van der Waals surface area contributed by atoms with Crippen molar-refractivity contribution in [3.63, 3.8) is 0 Å².